The zero-order valence-corrected chi connectivity index (χ0v) is 14.6. The van der Waals surface area contributed by atoms with E-state index in [-0.39, 0.29) is 5.02 Å². The lowest BCUT2D eigenvalue weighted by Gasteiger charge is -2.27. The van der Waals surface area contributed by atoms with E-state index in [0.717, 1.165) is 12.8 Å². The molecule has 0 saturated heterocycles. The lowest BCUT2D eigenvalue weighted by molar-refractivity contribution is -0.136. The van der Waals surface area contributed by atoms with Crippen molar-refractivity contribution in [1.29, 1.82) is 0 Å². The number of hydrogen-bond donors (Lipinski definition) is 1. The zero-order valence-electron chi connectivity index (χ0n) is 13.8. The van der Waals surface area contributed by atoms with Crippen LogP contribution in [0.5, 0.6) is 0 Å². The second-order valence-electron chi connectivity index (χ2n) is 5.68. The van der Waals surface area contributed by atoms with Crippen molar-refractivity contribution in [3.63, 3.8) is 0 Å². The zero-order chi connectivity index (χ0) is 18.0. The molecule has 0 saturated carbocycles. The van der Waals surface area contributed by atoms with E-state index in [2.05, 4.69) is 15.3 Å². The van der Waals surface area contributed by atoms with E-state index >= 15 is 0 Å². The van der Waals surface area contributed by atoms with Crippen molar-refractivity contribution in [2.45, 2.75) is 25.8 Å². The topological polar surface area (TPSA) is 63.0 Å². The maximum Gasteiger partial charge on any atom is 0.338 e. The van der Waals surface area contributed by atoms with Crippen LogP contribution < -0.4 is 5.32 Å². The summed E-state index contributed by atoms with van der Waals surface area (Å²) in [7, 11) is 1.30. The smallest absolute Gasteiger partial charge is 0.338 e. The van der Waals surface area contributed by atoms with Gasteiger partial charge in [0.2, 0.25) is 0 Å². The van der Waals surface area contributed by atoms with Crippen LogP contribution in [0, 0.1) is 5.82 Å². The summed E-state index contributed by atoms with van der Waals surface area (Å²) in [5.41, 5.74) is 2.17. The number of nitrogens with zero attached hydrogens (tertiary/aromatic N) is 2. The molecule has 0 aliphatic carbocycles. The van der Waals surface area contributed by atoms with Gasteiger partial charge in [-0.25, -0.2) is 9.18 Å². The van der Waals surface area contributed by atoms with Gasteiger partial charge in [0.1, 0.15) is 17.6 Å². The minimum atomic E-state index is -0.699. The van der Waals surface area contributed by atoms with Crippen LogP contribution in [0.25, 0.3) is 0 Å². The molecule has 1 atom stereocenters. The predicted molar refractivity (Wildman–Crippen MR) is 95.2 cm³/mol. The molecule has 0 radical (unpaired) electrons. The van der Waals surface area contributed by atoms with Gasteiger partial charge in [-0.3, -0.25) is 9.98 Å². The Labute approximate surface area is 150 Å². The average Bonchev–Trinajstić information content (AvgIpc) is 2.61. The highest BCUT2D eigenvalue weighted by Crippen LogP contribution is 2.36. The molecule has 3 rings (SSSR count). The summed E-state index contributed by atoms with van der Waals surface area (Å²) in [6.45, 7) is 1.76. The Morgan fingerprint density at radius 3 is 2.84 bits per heavy atom. The van der Waals surface area contributed by atoms with Crippen molar-refractivity contribution in [2.75, 3.05) is 7.11 Å². The van der Waals surface area contributed by atoms with E-state index in [0.29, 0.717) is 28.4 Å². The van der Waals surface area contributed by atoms with Crippen molar-refractivity contribution in [3.8, 4) is 0 Å². The molecule has 0 spiro atoms. The number of amidine groups is 1. The third-order valence-electron chi connectivity index (χ3n) is 4.01. The van der Waals surface area contributed by atoms with Crippen LogP contribution in [-0.2, 0) is 9.53 Å². The molecular weight excluding hydrogens is 345 g/mol. The van der Waals surface area contributed by atoms with Gasteiger partial charge in [-0.15, -0.1) is 0 Å². The van der Waals surface area contributed by atoms with Crippen LogP contribution in [0.4, 0.5) is 4.39 Å². The molecule has 25 heavy (non-hydrogen) atoms. The van der Waals surface area contributed by atoms with Crippen molar-refractivity contribution < 1.29 is 13.9 Å². The minimum absolute atomic E-state index is 0.199. The average molecular weight is 362 g/mol. The second-order valence-corrected chi connectivity index (χ2v) is 6.09. The number of esters is 1. The number of hydrogen-bond acceptors (Lipinski definition) is 5. The normalized spacial score (nSPS) is 19.9. The Kier molecular flexibility index (Phi) is 4.99. The Balaban J connectivity index is 2.11. The maximum atomic E-state index is 13.4. The van der Waals surface area contributed by atoms with E-state index in [4.69, 9.17) is 16.3 Å². The second kappa shape index (κ2) is 7.19. The van der Waals surface area contributed by atoms with Crippen molar-refractivity contribution in [1.82, 2.24) is 5.32 Å². The lowest BCUT2D eigenvalue weighted by Crippen LogP contribution is -2.33. The van der Waals surface area contributed by atoms with Crippen LogP contribution in [0.15, 0.2) is 51.2 Å². The fourth-order valence-corrected chi connectivity index (χ4v) is 3.07. The van der Waals surface area contributed by atoms with Crippen LogP contribution in [0.3, 0.4) is 0 Å². The molecule has 2 aliphatic heterocycles. The molecule has 130 valence electrons. The van der Waals surface area contributed by atoms with E-state index in [9.17, 15) is 9.18 Å². The van der Waals surface area contributed by atoms with Gasteiger partial charge in [-0.2, -0.15) is 0 Å². The van der Waals surface area contributed by atoms with E-state index in [1.54, 1.807) is 6.92 Å². The van der Waals surface area contributed by atoms with Crippen molar-refractivity contribution in [2.24, 2.45) is 9.98 Å². The van der Waals surface area contributed by atoms with Gasteiger partial charge < -0.3 is 10.1 Å². The molecule has 0 amide bonds. The number of carbonyl (C=O) groups is 1. The number of carbonyl (C=O) groups excluding carboxylic acids is 1. The fourth-order valence-electron chi connectivity index (χ4n) is 2.80. The van der Waals surface area contributed by atoms with Gasteiger partial charge in [0.05, 0.1) is 12.7 Å². The number of halogens is 2. The molecule has 5 nitrogen and oxygen atoms in total. The molecule has 7 heteroatoms. The number of aliphatic imine (C=N–C) groups is 2. The molecule has 1 unspecified atom stereocenters. The molecule has 1 N–H and O–H groups in total. The van der Waals surface area contributed by atoms with Gasteiger partial charge in [0.25, 0.3) is 0 Å². The van der Waals surface area contributed by atoms with Gasteiger partial charge in [0, 0.05) is 22.5 Å². The van der Waals surface area contributed by atoms with Crippen LogP contribution in [0.1, 0.15) is 31.4 Å². The van der Waals surface area contributed by atoms with Crippen LogP contribution in [0.2, 0.25) is 5.02 Å². The molecule has 0 fully saturated rings. The summed E-state index contributed by atoms with van der Waals surface area (Å²) >= 11 is 6.21. The van der Waals surface area contributed by atoms with Crippen molar-refractivity contribution >= 4 is 29.6 Å². The van der Waals surface area contributed by atoms with Gasteiger partial charge in [-0.05, 0) is 31.9 Å². The Bertz CT molecular complexity index is 843. The highest BCUT2D eigenvalue weighted by Gasteiger charge is 2.32. The summed E-state index contributed by atoms with van der Waals surface area (Å²) in [6.07, 6.45) is 5.56. The molecule has 0 bridgehead atoms. The highest BCUT2D eigenvalue weighted by atomic mass is 35.5. The minimum Gasteiger partial charge on any atom is -0.466 e. The van der Waals surface area contributed by atoms with E-state index in [1.165, 1.54) is 25.3 Å². The van der Waals surface area contributed by atoms with Crippen LogP contribution in [-0.4, -0.2) is 25.1 Å². The monoisotopic (exact) mass is 361 g/mol. The summed E-state index contributed by atoms with van der Waals surface area (Å²) in [4.78, 5) is 21.2. The van der Waals surface area contributed by atoms with Gasteiger partial charge >= 0.3 is 5.97 Å². The molecule has 2 heterocycles. The lowest BCUT2D eigenvalue weighted by atomic mass is 9.95. The first-order valence-electron chi connectivity index (χ1n) is 7.83. The summed E-state index contributed by atoms with van der Waals surface area (Å²) in [5.74, 6) is -0.419. The summed E-state index contributed by atoms with van der Waals surface area (Å²) < 4.78 is 18.3. The van der Waals surface area contributed by atoms with Gasteiger partial charge in [0.15, 0.2) is 5.84 Å². The molecule has 1 aromatic carbocycles. The number of methoxy groups -OCH3 is 1. The Morgan fingerprint density at radius 2 is 2.20 bits per heavy atom. The maximum absolute atomic E-state index is 13.4. The molecular formula is C18H17ClFN3O2. The standard InChI is InChI=1S/C18H17ClFN3O2/c1-10-15(18(24)25-2)16(12-7-6-11(20)9-13(12)19)23-17(22-10)14-5-3-4-8-21-14/h5-9,16H,3-4H2,1-2H3,(H,22,23). The SMILES string of the molecule is COC(=O)C1=C(C)NC(C2=CCCC=N2)=NC1c1ccc(F)cc1Cl. The first-order chi connectivity index (χ1) is 12.0. The molecule has 2 aliphatic rings. The third kappa shape index (κ3) is 3.49. The first-order valence-corrected chi connectivity index (χ1v) is 8.21. The number of allylic oxidation sites excluding steroid dienone is 2. The molecule has 0 aromatic heterocycles. The Morgan fingerprint density at radius 1 is 1.40 bits per heavy atom. The third-order valence-corrected chi connectivity index (χ3v) is 4.34. The van der Waals surface area contributed by atoms with Gasteiger partial charge in [-0.1, -0.05) is 23.7 Å². The first kappa shape index (κ1) is 17.4. The quantitative estimate of drug-likeness (QED) is 0.834. The van der Waals surface area contributed by atoms with E-state index in [1.807, 2.05) is 12.3 Å². The summed E-state index contributed by atoms with van der Waals surface area (Å²) in [6, 6.07) is 3.33. The Hall–Kier alpha value is -2.47. The predicted octanol–water partition coefficient (Wildman–Crippen LogP) is 3.72. The summed E-state index contributed by atoms with van der Waals surface area (Å²) in [5, 5.41) is 3.31. The number of rotatable bonds is 3. The highest BCUT2D eigenvalue weighted by molar-refractivity contribution is 6.31. The number of ether oxygens (including phenoxy) is 1. The number of nitrogens with one attached hydrogen (secondary N) is 1. The fraction of sp³-hybridized carbons (Fsp3) is 0.278. The van der Waals surface area contributed by atoms with E-state index < -0.39 is 17.8 Å². The largest absolute Gasteiger partial charge is 0.466 e. The number of benzene rings is 1. The molecule has 1 aromatic rings. The van der Waals surface area contributed by atoms with Crippen LogP contribution >= 0.6 is 11.6 Å². The van der Waals surface area contributed by atoms with Crippen molar-refractivity contribution in [3.05, 3.63) is 57.6 Å².